The first kappa shape index (κ1) is 20.0. The number of para-hydroxylation sites is 2. The number of amides is 1. The van der Waals surface area contributed by atoms with Crippen LogP contribution in [0.15, 0.2) is 53.5 Å². The van der Waals surface area contributed by atoms with E-state index in [9.17, 15) is 4.79 Å². The Hall–Kier alpha value is -2.73. The summed E-state index contributed by atoms with van der Waals surface area (Å²) < 4.78 is 5.47. The molecule has 0 bridgehead atoms. The van der Waals surface area contributed by atoms with Gasteiger partial charge in [0.05, 0.1) is 5.69 Å². The molecule has 0 spiro atoms. The molecule has 0 saturated carbocycles. The number of hydrogen-bond donors (Lipinski definition) is 2. The van der Waals surface area contributed by atoms with Crippen LogP contribution in [0.1, 0.15) is 12.0 Å². The Morgan fingerprint density at radius 2 is 1.89 bits per heavy atom. The number of anilines is 1. The summed E-state index contributed by atoms with van der Waals surface area (Å²) in [7, 11) is 1.75. The molecule has 0 radical (unpaired) electrons. The third-order valence-corrected chi connectivity index (χ3v) is 4.75. The monoisotopic (exact) mass is 400 g/mol. The molecule has 28 heavy (non-hydrogen) atoms. The molecule has 2 aromatic carbocycles. The number of rotatable bonds is 7. The largest absolute Gasteiger partial charge is 0.482 e. The average Bonchev–Trinajstić information content (AvgIpc) is 2.72. The first-order chi connectivity index (χ1) is 13.7. The Kier molecular flexibility index (Phi) is 7.14. The van der Waals surface area contributed by atoms with Gasteiger partial charge >= 0.3 is 0 Å². The second-order valence-corrected chi connectivity index (χ2v) is 6.89. The van der Waals surface area contributed by atoms with E-state index in [1.54, 1.807) is 11.9 Å². The van der Waals surface area contributed by atoms with Gasteiger partial charge in [-0.15, -0.1) is 0 Å². The van der Waals surface area contributed by atoms with Crippen molar-refractivity contribution in [3.05, 3.63) is 59.1 Å². The zero-order valence-corrected chi connectivity index (χ0v) is 16.7. The third kappa shape index (κ3) is 5.39. The molecule has 0 fully saturated rings. The predicted molar refractivity (Wildman–Crippen MR) is 113 cm³/mol. The number of hydrogen-bond acceptors (Lipinski definition) is 3. The number of nitrogens with zero attached hydrogens (tertiary/aromatic N) is 2. The van der Waals surface area contributed by atoms with Crippen LogP contribution < -0.4 is 20.3 Å². The van der Waals surface area contributed by atoms with Gasteiger partial charge in [-0.05, 0) is 42.7 Å². The van der Waals surface area contributed by atoms with Crippen molar-refractivity contribution in [3.8, 4) is 5.75 Å². The van der Waals surface area contributed by atoms with E-state index in [0.717, 1.165) is 41.8 Å². The maximum absolute atomic E-state index is 12.2. The summed E-state index contributed by atoms with van der Waals surface area (Å²) in [5, 5.41) is 7.34. The van der Waals surface area contributed by atoms with Crippen molar-refractivity contribution in [2.45, 2.75) is 12.8 Å². The van der Waals surface area contributed by atoms with Gasteiger partial charge in [-0.25, -0.2) is 0 Å². The van der Waals surface area contributed by atoms with Gasteiger partial charge in [-0.3, -0.25) is 9.79 Å². The van der Waals surface area contributed by atoms with Gasteiger partial charge in [-0.2, -0.15) is 0 Å². The Labute approximate surface area is 170 Å². The summed E-state index contributed by atoms with van der Waals surface area (Å²) in [4.78, 5) is 18.2. The van der Waals surface area contributed by atoms with Gasteiger partial charge in [0.2, 0.25) is 0 Å². The van der Waals surface area contributed by atoms with E-state index in [0.29, 0.717) is 13.1 Å². The number of ether oxygens (including phenoxy) is 1. The summed E-state index contributed by atoms with van der Waals surface area (Å²) in [6.07, 6.45) is 1.69. The van der Waals surface area contributed by atoms with Crippen molar-refractivity contribution in [3.63, 3.8) is 0 Å². The van der Waals surface area contributed by atoms with Crippen LogP contribution in [-0.4, -0.2) is 45.2 Å². The Balaban J connectivity index is 1.40. The smallest absolute Gasteiger partial charge is 0.265 e. The zero-order chi connectivity index (χ0) is 19.8. The number of nitrogens with one attached hydrogen (secondary N) is 2. The van der Waals surface area contributed by atoms with Crippen molar-refractivity contribution in [1.29, 1.82) is 0 Å². The maximum atomic E-state index is 12.2. The molecule has 6 nitrogen and oxygen atoms in total. The predicted octanol–water partition coefficient (Wildman–Crippen LogP) is 2.86. The molecule has 1 heterocycles. The van der Waals surface area contributed by atoms with Crippen LogP contribution in [-0.2, 0) is 11.2 Å². The topological polar surface area (TPSA) is 66.0 Å². The lowest BCUT2D eigenvalue weighted by Crippen LogP contribution is -2.42. The van der Waals surface area contributed by atoms with E-state index in [1.807, 2.05) is 48.5 Å². The second-order valence-electron chi connectivity index (χ2n) is 6.46. The van der Waals surface area contributed by atoms with Gasteiger partial charge in [0, 0.05) is 31.7 Å². The molecule has 0 saturated heterocycles. The minimum absolute atomic E-state index is 0.0100. The molecule has 0 aliphatic carbocycles. The van der Waals surface area contributed by atoms with Crippen LogP contribution in [0, 0.1) is 0 Å². The molecule has 148 valence electrons. The molecule has 1 amide bonds. The van der Waals surface area contributed by atoms with E-state index in [1.165, 1.54) is 5.56 Å². The highest BCUT2D eigenvalue weighted by Crippen LogP contribution is 2.31. The molecule has 2 N–H and O–H groups in total. The lowest BCUT2D eigenvalue weighted by atomic mass is 10.1. The fourth-order valence-electron chi connectivity index (χ4n) is 3.04. The van der Waals surface area contributed by atoms with Crippen LogP contribution in [0.5, 0.6) is 5.75 Å². The number of benzene rings is 2. The Bertz CT molecular complexity index is 823. The van der Waals surface area contributed by atoms with E-state index >= 15 is 0 Å². The van der Waals surface area contributed by atoms with E-state index in [-0.39, 0.29) is 12.5 Å². The van der Waals surface area contributed by atoms with E-state index in [2.05, 4.69) is 15.6 Å². The van der Waals surface area contributed by atoms with Gasteiger partial charge in [0.25, 0.3) is 5.91 Å². The summed E-state index contributed by atoms with van der Waals surface area (Å²) in [6.45, 7) is 2.22. The number of fused-ring (bicyclic) bond motifs is 1. The number of carbonyl (C=O) groups excluding carboxylic acids is 1. The molecule has 1 aliphatic rings. The van der Waals surface area contributed by atoms with Crippen LogP contribution in [0.25, 0.3) is 0 Å². The van der Waals surface area contributed by atoms with Crippen molar-refractivity contribution in [2.75, 3.05) is 38.2 Å². The quantitative estimate of drug-likeness (QED) is 0.426. The van der Waals surface area contributed by atoms with Crippen LogP contribution in [0.2, 0.25) is 5.02 Å². The highest BCUT2D eigenvalue weighted by molar-refractivity contribution is 6.30. The molecule has 7 heteroatoms. The molecular formula is C21H25ClN4O2. The summed E-state index contributed by atoms with van der Waals surface area (Å²) in [5.74, 6) is 1.50. The normalized spacial score (nSPS) is 13.7. The lowest BCUT2D eigenvalue weighted by Gasteiger charge is -2.29. The van der Waals surface area contributed by atoms with Crippen molar-refractivity contribution in [1.82, 2.24) is 10.6 Å². The maximum Gasteiger partial charge on any atom is 0.265 e. The first-order valence-corrected chi connectivity index (χ1v) is 9.76. The molecule has 0 aromatic heterocycles. The van der Waals surface area contributed by atoms with Gasteiger partial charge in [0.15, 0.2) is 12.6 Å². The van der Waals surface area contributed by atoms with E-state index < -0.39 is 0 Å². The fraction of sp³-hybridized carbons (Fsp3) is 0.333. The fourth-order valence-corrected chi connectivity index (χ4v) is 3.17. The standard InChI is InChI=1S/C21H25ClN4O2/c1-23-21(25-13-11-16-7-9-17(22)10-8-16)24-12-4-14-26-18-5-2-3-6-19(18)28-15-20(26)27/h2-3,5-10H,4,11-15H2,1H3,(H2,23,24,25). The minimum atomic E-state index is -0.0100. The number of carbonyl (C=O) groups is 1. The molecular weight excluding hydrogens is 376 g/mol. The Morgan fingerprint density at radius 3 is 2.68 bits per heavy atom. The summed E-state index contributed by atoms with van der Waals surface area (Å²) in [5.41, 5.74) is 2.06. The molecule has 2 aromatic rings. The molecule has 3 rings (SSSR count). The lowest BCUT2D eigenvalue weighted by molar-refractivity contribution is -0.121. The van der Waals surface area contributed by atoms with Crippen LogP contribution in [0.3, 0.4) is 0 Å². The second kappa shape index (κ2) is 9.99. The highest BCUT2D eigenvalue weighted by Gasteiger charge is 2.24. The third-order valence-electron chi connectivity index (χ3n) is 4.50. The van der Waals surface area contributed by atoms with E-state index in [4.69, 9.17) is 16.3 Å². The molecule has 0 unspecified atom stereocenters. The van der Waals surface area contributed by atoms with Crippen LogP contribution >= 0.6 is 11.6 Å². The van der Waals surface area contributed by atoms with Gasteiger partial charge < -0.3 is 20.3 Å². The van der Waals surface area contributed by atoms with Crippen LogP contribution in [0.4, 0.5) is 5.69 Å². The highest BCUT2D eigenvalue weighted by atomic mass is 35.5. The zero-order valence-electron chi connectivity index (χ0n) is 16.0. The molecule has 0 atom stereocenters. The minimum Gasteiger partial charge on any atom is -0.482 e. The number of halogens is 1. The van der Waals surface area contributed by atoms with Crippen molar-refractivity contribution >= 4 is 29.2 Å². The van der Waals surface area contributed by atoms with Gasteiger partial charge in [0.1, 0.15) is 5.75 Å². The summed E-state index contributed by atoms with van der Waals surface area (Å²) in [6, 6.07) is 15.5. The summed E-state index contributed by atoms with van der Waals surface area (Å²) >= 11 is 5.91. The Morgan fingerprint density at radius 1 is 1.14 bits per heavy atom. The number of guanidine groups is 1. The van der Waals surface area contributed by atoms with Crippen molar-refractivity contribution < 1.29 is 9.53 Å². The van der Waals surface area contributed by atoms with Crippen molar-refractivity contribution in [2.24, 2.45) is 4.99 Å². The average molecular weight is 401 g/mol. The van der Waals surface area contributed by atoms with Gasteiger partial charge in [-0.1, -0.05) is 35.9 Å². The SMILES string of the molecule is CN=C(NCCCN1C(=O)COc2ccccc21)NCCc1ccc(Cl)cc1. The first-order valence-electron chi connectivity index (χ1n) is 9.38. The number of aliphatic imine (C=N–C) groups is 1. The molecule has 1 aliphatic heterocycles.